The van der Waals surface area contributed by atoms with Crippen LogP contribution in [-0.4, -0.2) is 55.6 Å². The smallest absolute Gasteiger partial charge is 0.225 e. The molecule has 0 atom stereocenters. The van der Waals surface area contributed by atoms with Crippen molar-refractivity contribution in [3.63, 3.8) is 0 Å². The maximum absolute atomic E-state index is 4.37. The van der Waals surface area contributed by atoms with Gasteiger partial charge < -0.3 is 15.1 Å². The fourth-order valence-corrected chi connectivity index (χ4v) is 1.36. The van der Waals surface area contributed by atoms with Crippen molar-refractivity contribution in [1.82, 2.24) is 20.2 Å². The molecule has 96 valence electrons. The first-order chi connectivity index (χ1) is 8.13. The molecule has 1 rings (SSSR count). The van der Waals surface area contributed by atoms with Crippen LogP contribution in [0.25, 0.3) is 0 Å². The van der Waals surface area contributed by atoms with Gasteiger partial charge >= 0.3 is 0 Å². The van der Waals surface area contributed by atoms with Gasteiger partial charge in [0.1, 0.15) is 0 Å². The molecule has 0 unspecified atom stereocenters. The summed E-state index contributed by atoms with van der Waals surface area (Å²) in [7, 11) is 6.14. The monoisotopic (exact) mass is 237 g/mol. The molecule has 0 radical (unpaired) electrons. The molecule has 0 saturated heterocycles. The van der Waals surface area contributed by atoms with E-state index < -0.39 is 0 Å². The first kappa shape index (κ1) is 13.9. The molecule has 1 N–H and O–H groups in total. The summed E-state index contributed by atoms with van der Waals surface area (Å²) < 4.78 is 0. The number of hydrogen-bond donors (Lipinski definition) is 1. The quantitative estimate of drug-likeness (QED) is 0.751. The zero-order valence-corrected chi connectivity index (χ0v) is 11.3. The minimum Gasteiger partial charge on any atom is -0.343 e. The van der Waals surface area contributed by atoms with E-state index in [4.69, 9.17) is 0 Å². The molecule has 0 spiro atoms. The lowest BCUT2D eigenvalue weighted by Gasteiger charge is -2.19. The number of hydrogen-bond acceptors (Lipinski definition) is 5. The minimum atomic E-state index is 0.784. The summed E-state index contributed by atoms with van der Waals surface area (Å²) in [5, 5.41) is 3.25. The van der Waals surface area contributed by atoms with Crippen LogP contribution in [0.1, 0.15) is 12.5 Å². The Bertz CT molecular complexity index is 309. The second kappa shape index (κ2) is 7.19. The maximum atomic E-state index is 4.37. The molecule has 5 nitrogen and oxygen atoms in total. The molecule has 1 heterocycles. The van der Waals surface area contributed by atoms with Crippen molar-refractivity contribution in [3.05, 3.63) is 18.0 Å². The Morgan fingerprint density at radius 2 is 1.76 bits per heavy atom. The van der Waals surface area contributed by atoms with Gasteiger partial charge in [0.25, 0.3) is 0 Å². The topological polar surface area (TPSA) is 44.3 Å². The Labute approximate surface area is 104 Å². The van der Waals surface area contributed by atoms with E-state index in [1.54, 1.807) is 0 Å². The summed E-state index contributed by atoms with van der Waals surface area (Å²) in [6.45, 7) is 5.81. The number of anilines is 1. The Morgan fingerprint density at radius 3 is 2.29 bits per heavy atom. The van der Waals surface area contributed by atoms with Gasteiger partial charge in [0.2, 0.25) is 5.95 Å². The Morgan fingerprint density at radius 1 is 1.12 bits per heavy atom. The number of nitrogens with one attached hydrogen (secondary N) is 1. The van der Waals surface area contributed by atoms with Crippen LogP contribution >= 0.6 is 0 Å². The molecule has 1 aromatic heterocycles. The third kappa shape index (κ3) is 5.10. The molecule has 17 heavy (non-hydrogen) atoms. The molecule has 0 amide bonds. The molecular formula is C12H23N5. The van der Waals surface area contributed by atoms with Crippen LogP contribution in [-0.2, 0) is 6.54 Å². The van der Waals surface area contributed by atoms with E-state index in [9.17, 15) is 0 Å². The van der Waals surface area contributed by atoms with E-state index >= 15 is 0 Å². The Hall–Kier alpha value is -1.20. The van der Waals surface area contributed by atoms with Crippen LogP contribution in [0.5, 0.6) is 0 Å². The van der Waals surface area contributed by atoms with E-state index in [1.165, 1.54) is 0 Å². The highest BCUT2D eigenvalue weighted by Crippen LogP contribution is 2.04. The molecule has 0 aliphatic carbocycles. The number of aromatic nitrogens is 2. The summed E-state index contributed by atoms with van der Waals surface area (Å²) in [5.41, 5.74) is 1.12. The van der Waals surface area contributed by atoms with Crippen LogP contribution in [0.3, 0.4) is 0 Å². The first-order valence-electron chi connectivity index (χ1n) is 6.01. The number of nitrogens with zero attached hydrogens (tertiary/aromatic N) is 4. The zero-order chi connectivity index (χ0) is 12.7. The lowest BCUT2D eigenvalue weighted by molar-refractivity contribution is 0.415. The average molecular weight is 237 g/mol. The van der Waals surface area contributed by atoms with Crippen LogP contribution in [0, 0.1) is 0 Å². The summed E-state index contributed by atoms with van der Waals surface area (Å²) in [6.07, 6.45) is 3.77. The van der Waals surface area contributed by atoms with Gasteiger partial charge in [0.05, 0.1) is 0 Å². The van der Waals surface area contributed by atoms with Gasteiger partial charge in [-0.25, -0.2) is 9.97 Å². The van der Waals surface area contributed by atoms with Gasteiger partial charge in [-0.2, -0.15) is 0 Å². The van der Waals surface area contributed by atoms with E-state index in [0.29, 0.717) is 0 Å². The predicted octanol–water partition coefficient (Wildman–Crippen LogP) is 0.584. The van der Waals surface area contributed by atoms with Gasteiger partial charge in [0, 0.05) is 44.6 Å². The van der Waals surface area contributed by atoms with Gasteiger partial charge in [-0.05, 0) is 20.6 Å². The maximum Gasteiger partial charge on any atom is 0.225 e. The van der Waals surface area contributed by atoms with Gasteiger partial charge in [0.15, 0.2) is 0 Å². The molecule has 1 aromatic rings. The highest BCUT2D eigenvalue weighted by Gasteiger charge is 2.04. The van der Waals surface area contributed by atoms with E-state index in [1.807, 2.05) is 19.4 Å². The van der Waals surface area contributed by atoms with Crippen LogP contribution in [0.2, 0.25) is 0 Å². The molecule has 0 saturated carbocycles. The van der Waals surface area contributed by atoms with Crippen LogP contribution < -0.4 is 10.2 Å². The summed E-state index contributed by atoms with van der Waals surface area (Å²) in [5.74, 6) is 0.784. The van der Waals surface area contributed by atoms with E-state index in [0.717, 1.165) is 37.7 Å². The third-order valence-corrected chi connectivity index (χ3v) is 2.49. The Kier molecular flexibility index (Phi) is 5.86. The first-order valence-corrected chi connectivity index (χ1v) is 6.01. The molecule has 0 aliphatic rings. The van der Waals surface area contributed by atoms with Crippen molar-refractivity contribution in [2.24, 2.45) is 0 Å². The normalized spacial score (nSPS) is 10.9. The lowest BCUT2D eigenvalue weighted by atomic mass is 10.3. The highest BCUT2D eigenvalue weighted by atomic mass is 15.2. The van der Waals surface area contributed by atoms with Crippen LogP contribution in [0.15, 0.2) is 12.4 Å². The Balaban J connectivity index is 2.48. The van der Waals surface area contributed by atoms with Gasteiger partial charge in [-0.15, -0.1) is 0 Å². The third-order valence-electron chi connectivity index (χ3n) is 2.49. The summed E-state index contributed by atoms with van der Waals surface area (Å²) >= 11 is 0. The molecule has 0 fully saturated rings. The second-order valence-electron chi connectivity index (χ2n) is 4.40. The minimum absolute atomic E-state index is 0.784. The van der Waals surface area contributed by atoms with Crippen molar-refractivity contribution in [2.45, 2.75) is 13.5 Å². The predicted molar refractivity (Wildman–Crippen MR) is 71.2 cm³/mol. The van der Waals surface area contributed by atoms with E-state index in [-0.39, 0.29) is 0 Å². The van der Waals surface area contributed by atoms with Crippen LogP contribution in [0.4, 0.5) is 5.95 Å². The van der Waals surface area contributed by atoms with Gasteiger partial charge in [-0.3, -0.25) is 0 Å². The molecule has 5 heteroatoms. The molecule has 0 aromatic carbocycles. The number of rotatable bonds is 7. The fourth-order valence-electron chi connectivity index (χ4n) is 1.36. The number of likely N-dealkylation sites (N-methyl/N-ethyl adjacent to an activating group) is 2. The average Bonchev–Trinajstić information content (AvgIpc) is 2.34. The van der Waals surface area contributed by atoms with Crippen molar-refractivity contribution in [3.8, 4) is 0 Å². The highest BCUT2D eigenvalue weighted by molar-refractivity contribution is 5.28. The lowest BCUT2D eigenvalue weighted by Crippen LogP contribution is -2.29. The molecular weight excluding hydrogens is 214 g/mol. The largest absolute Gasteiger partial charge is 0.343 e. The van der Waals surface area contributed by atoms with Gasteiger partial charge in [-0.1, -0.05) is 6.92 Å². The van der Waals surface area contributed by atoms with E-state index in [2.05, 4.69) is 46.1 Å². The fraction of sp³-hybridized carbons (Fsp3) is 0.667. The van der Waals surface area contributed by atoms with Crippen molar-refractivity contribution in [2.75, 3.05) is 45.7 Å². The molecule has 0 bridgehead atoms. The van der Waals surface area contributed by atoms with Crippen molar-refractivity contribution in [1.29, 1.82) is 0 Å². The SMILES string of the molecule is CCNCc1cnc(N(C)CCN(C)C)nc1. The molecule has 0 aliphatic heterocycles. The van der Waals surface area contributed by atoms with Crippen molar-refractivity contribution < 1.29 is 0 Å². The zero-order valence-electron chi connectivity index (χ0n) is 11.3. The van der Waals surface area contributed by atoms with Crippen molar-refractivity contribution >= 4 is 5.95 Å². The standard InChI is InChI=1S/C12H23N5/c1-5-13-8-11-9-14-12(15-10-11)17(4)7-6-16(2)3/h9-10,13H,5-8H2,1-4H3. The summed E-state index contributed by atoms with van der Waals surface area (Å²) in [6, 6.07) is 0. The second-order valence-corrected chi connectivity index (χ2v) is 4.40. The summed E-state index contributed by atoms with van der Waals surface area (Å²) in [4.78, 5) is 12.9.